The second-order valence-electron chi connectivity index (χ2n) is 4.58. The second kappa shape index (κ2) is 3.96. The molecule has 3 heterocycles. The van der Waals surface area contributed by atoms with E-state index in [9.17, 15) is 0 Å². The van der Waals surface area contributed by atoms with Crippen molar-refractivity contribution in [3.63, 3.8) is 0 Å². The molecule has 0 amide bonds. The van der Waals surface area contributed by atoms with E-state index >= 15 is 0 Å². The fourth-order valence-corrected chi connectivity index (χ4v) is 2.17. The Morgan fingerprint density at radius 3 is 3.06 bits per heavy atom. The predicted molar refractivity (Wildman–Crippen MR) is 61.1 cm³/mol. The van der Waals surface area contributed by atoms with Crippen LogP contribution in [0.15, 0.2) is 16.9 Å². The normalized spacial score (nSPS) is 25.0. The van der Waals surface area contributed by atoms with Crippen molar-refractivity contribution in [1.29, 1.82) is 0 Å². The number of aromatic amines is 1. The van der Waals surface area contributed by atoms with Gasteiger partial charge in [-0.1, -0.05) is 5.16 Å². The molecule has 6 heteroatoms. The Morgan fingerprint density at radius 1 is 1.41 bits per heavy atom. The van der Waals surface area contributed by atoms with Gasteiger partial charge in [-0.05, 0) is 32.7 Å². The monoisotopic (exact) mass is 233 g/mol. The maximum Gasteiger partial charge on any atom is 0.247 e. The Labute approximate surface area is 98.8 Å². The van der Waals surface area contributed by atoms with Crippen LogP contribution in [0.3, 0.4) is 0 Å². The topological polar surface area (TPSA) is 79.6 Å². The van der Waals surface area contributed by atoms with Crippen LogP contribution in [-0.2, 0) is 5.54 Å². The highest BCUT2D eigenvalue weighted by molar-refractivity contribution is 5.41. The summed E-state index contributed by atoms with van der Waals surface area (Å²) >= 11 is 0. The second-order valence-corrected chi connectivity index (χ2v) is 4.58. The van der Waals surface area contributed by atoms with Crippen molar-refractivity contribution < 1.29 is 4.52 Å². The third kappa shape index (κ3) is 1.84. The highest BCUT2D eigenvalue weighted by atomic mass is 16.5. The molecule has 1 aliphatic heterocycles. The smallest absolute Gasteiger partial charge is 0.247 e. The summed E-state index contributed by atoms with van der Waals surface area (Å²) in [6.45, 7) is 3.10. The third-order valence-electron chi connectivity index (χ3n) is 3.23. The first kappa shape index (κ1) is 10.5. The Hall–Kier alpha value is -1.69. The van der Waals surface area contributed by atoms with Gasteiger partial charge in [-0.15, -0.1) is 0 Å². The average Bonchev–Trinajstić information content (AvgIpc) is 3.01. The van der Waals surface area contributed by atoms with Gasteiger partial charge in [-0.2, -0.15) is 4.98 Å². The van der Waals surface area contributed by atoms with Gasteiger partial charge in [-0.25, -0.2) is 4.98 Å². The van der Waals surface area contributed by atoms with Crippen molar-refractivity contribution in [2.24, 2.45) is 0 Å². The molecule has 0 saturated carbocycles. The number of hydrogen-bond donors (Lipinski definition) is 2. The molecule has 0 bridgehead atoms. The van der Waals surface area contributed by atoms with E-state index in [1.165, 1.54) is 12.8 Å². The summed E-state index contributed by atoms with van der Waals surface area (Å²) in [5, 5.41) is 7.40. The number of nitrogens with zero attached hydrogens (tertiary/aromatic N) is 3. The van der Waals surface area contributed by atoms with Gasteiger partial charge in [0.2, 0.25) is 11.7 Å². The van der Waals surface area contributed by atoms with E-state index in [-0.39, 0.29) is 5.54 Å². The molecule has 1 fully saturated rings. The minimum atomic E-state index is -0.198. The summed E-state index contributed by atoms with van der Waals surface area (Å²) in [5.74, 6) is 1.79. The van der Waals surface area contributed by atoms with Crippen LogP contribution in [0, 0.1) is 0 Å². The lowest BCUT2D eigenvalue weighted by molar-refractivity contribution is 0.207. The summed E-state index contributed by atoms with van der Waals surface area (Å²) < 4.78 is 5.35. The van der Waals surface area contributed by atoms with Gasteiger partial charge in [0.1, 0.15) is 0 Å². The van der Waals surface area contributed by atoms with Crippen LogP contribution in [0.25, 0.3) is 11.6 Å². The molecule has 0 aliphatic carbocycles. The fraction of sp³-hybridized carbons (Fsp3) is 0.545. The molecule has 0 spiro atoms. The Balaban J connectivity index is 1.89. The summed E-state index contributed by atoms with van der Waals surface area (Å²) in [5.41, 5.74) is -0.198. The lowest BCUT2D eigenvalue weighted by Gasteiger charge is -2.31. The Morgan fingerprint density at radius 2 is 2.35 bits per heavy atom. The van der Waals surface area contributed by atoms with Crippen LogP contribution >= 0.6 is 0 Å². The van der Waals surface area contributed by atoms with Crippen molar-refractivity contribution in [2.75, 3.05) is 6.54 Å². The zero-order valence-corrected chi connectivity index (χ0v) is 9.73. The van der Waals surface area contributed by atoms with Crippen molar-refractivity contribution >= 4 is 0 Å². The molecule has 2 N–H and O–H groups in total. The highest BCUT2D eigenvalue weighted by Gasteiger charge is 2.34. The minimum Gasteiger partial charge on any atom is -0.342 e. The van der Waals surface area contributed by atoms with Crippen LogP contribution in [0.1, 0.15) is 32.1 Å². The van der Waals surface area contributed by atoms with E-state index in [0.717, 1.165) is 13.0 Å². The largest absolute Gasteiger partial charge is 0.342 e. The summed E-state index contributed by atoms with van der Waals surface area (Å²) in [4.78, 5) is 11.5. The van der Waals surface area contributed by atoms with Crippen LogP contribution in [0.4, 0.5) is 0 Å². The first-order chi connectivity index (χ1) is 8.28. The molecule has 1 unspecified atom stereocenters. The molecule has 17 heavy (non-hydrogen) atoms. The van der Waals surface area contributed by atoms with Gasteiger partial charge >= 0.3 is 0 Å². The number of piperidine rings is 1. The average molecular weight is 233 g/mol. The SMILES string of the molecule is CC1(c2nc(-c3ncc[nH]3)no2)CCCCN1. The maximum atomic E-state index is 5.35. The van der Waals surface area contributed by atoms with Crippen molar-refractivity contribution in [1.82, 2.24) is 25.4 Å². The molecule has 3 rings (SSSR count). The molecule has 2 aromatic rings. The highest BCUT2D eigenvalue weighted by Crippen LogP contribution is 2.29. The van der Waals surface area contributed by atoms with Gasteiger partial charge in [0.05, 0.1) is 5.54 Å². The molecule has 1 aliphatic rings. The minimum absolute atomic E-state index is 0.198. The quantitative estimate of drug-likeness (QED) is 0.820. The van der Waals surface area contributed by atoms with Crippen molar-refractivity contribution in [3.05, 3.63) is 18.3 Å². The molecule has 0 aromatic carbocycles. The van der Waals surface area contributed by atoms with Crippen molar-refractivity contribution in [3.8, 4) is 11.6 Å². The first-order valence-corrected chi connectivity index (χ1v) is 5.87. The van der Waals surface area contributed by atoms with E-state index in [1.54, 1.807) is 12.4 Å². The fourth-order valence-electron chi connectivity index (χ4n) is 2.17. The molecule has 0 radical (unpaired) electrons. The molecule has 90 valence electrons. The number of aromatic nitrogens is 4. The number of nitrogens with one attached hydrogen (secondary N) is 2. The van der Waals surface area contributed by atoms with Crippen LogP contribution in [0.2, 0.25) is 0 Å². The van der Waals surface area contributed by atoms with E-state index in [0.29, 0.717) is 17.5 Å². The number of H-pyrrole nitrogens is 1. The number of imidazole rings is 1. The molecule has 1 atom stereocenters. The summed E-state index contributed by atoms with van der Waals surface area (Å²) in [6, 6.07) is 0. The third-order valence-corrected chi connectivity index (χ3v) is 3.23. The van der Waals surface area contributed by atoms with Crippen LogP contribution in [0.5, 0.6) is 0 Å². The number of rotatable bonds is 2. The van der Waals surface area contributed by atoms with Gasteiger partial charge in [0.15, 0.2) is 5.82 Å². The molecular weight excluding hydrogens is 218 g/mol. The van der Waals surface area contributed by atoms with Gasteiger partial charge in [0.25, 0.3) is 0 Å². The Kier molecular flexibility index (Phi) is 2.44. The zero-order chi connectivity index (χ0) is 11.7. The Bertz CT molecular complexity index is 484. The van der Waals surface area contributed by atoms with Gasteiger partial charge in [-0.3, -0.25) is 0 Å². The molecule has 1 saturated heterocycles. The van der Waals surface area contributed by atoms with Gasteiger partial charge < -0.3 is 14.8 Å². The summed E-state index contributed by atoms with van der Waals surface area (Å²) in [7, 11) is 0. The molecule has 2 aromatic heterocycles. The van der Waals surface area contributed by atoms with Crippen LogP contribution in [-0.4, -0.2) is 26.7 Å². The standard InChI is InChI=1S/C11H15N5O/c1-11(4-2-3-5-14-11)10-15-9(16-17-10)8-12-6-7-13-8/h6-7,14H,2-5H2,1H3,(H,12,13). The molecule has 6 nitrogen and oxygen atoms in total. The lowest BCUT2D eigenvalue weighted by atomic mass is 9.91. The predicted octanol–water partition coefficient (Wildman–Crippen LogP) is 1.45. The van der Waals surface area contributed by atoms with E-state index in [2.05, 4.69) is 32.3 Å². The van der Waals surface area contributed by atoms with E-state index < -0.39 is 0 Å². The van der Waals surface area contributed by atoms with Crippen LogP contribution < -0.4 is 5.32 Å². The first-order valence-electron chi connectivity index (χ1n) is 5.87. The van der Waals surface area contributed by atoms with Gasteiger partial charge in [0, 0.05) is 12.4 Å². The van der Waals surface area contributed by atoms with E-state index in [1.807, 2.05) is 0 Å². The van der Waals surface area contributed by atoms with E-state index in [4.69, 9.17) is 4.52 Å². The summed E-state index contributed by atoms with van der Waals surface area (Å²) in [6.07, 6.45) is 6.82. The number of hydrogen-bond acceptors (Lipinski definition) is 5. The van der Waals surface area contributed by atoms with Crippen molar-refractivity contribution in [2.45, 2.75) is 31.7 Å². The maximum absolute atomic E-state index is 5.35. The zero-order valence-electron chi connectivity index (χ0n) is 9.73. The lowest BCUT2D eigenvalue weighted by Crippen LogP contribution is -2.43. The molecular formula is C11H15N5O.